The van der Waals surface area contributed by atoms with Crippen LogP contribution in [0.2, 0.25) is 0 Å². The van der Waals surface area contributed by atoms with Gasteiger partial charge in [-0.05, 0) is 32.6 Å². The van der Waals surface area contributed by atoms with Gasteiger partial charge >= 0.3 is 0 Å². The summed E-state index contributed by atoms with van der Waals surface area (Å²) in [5.41, 5.74) is 0.397. The number of piperidine rings is 2. The van der Waals surface area contributed by atoms with Crippen molar-refractivity contribution in [2.75, 3.05) is 50.2 Å². The number of halogens is 1. The molecule has 2 aliphatic heterocycles. The summed E-state index contributed by atoms with van der Waals surface area (Å²) >= 11 is 0. The number of ether oxygens (including phenoxy) is 2. The lowest BCUT2D eigenvalue weighted by molar-refractivity contribution is 0.0884. The number of anilines is 2. The standard InChI is InChI=1S/C17H27FN4O2/c1-12-15(18)16(21-8-4-6-13(10-21)23-2)20-17(19-12)22-9-5-7-14(11-22)24-3/h13-14H,4-11H2,1-3H3. The fourth-order valence-corrected chi connectivity index (χ4v) is 3.52. The molecule has 2 atom stereocenters. The SMILES string of the molecule is COC1CCCN(c2nc(C)c(F)c(N3CCCC(OC)C3)n2)C1. The van der Waals surface area contributed by atoms with Gasteiger partial charge in [0.05, 0.1) is 17.9 Å². The molecule has 0 spiro atoms. The maximum absolute atomic E-state index is 14.7. The number of hydrogen-bond donors (Lipinski definition) is 0. The van der Waals surface area contributed by atoms with Gasteiger partial charge in [0, 0.05) is 40.4 Å². The molecular weight excluding hydrogens is 311 g/mol. The Bertz CT molecular complexity index is 572. The van der Waals surface area contributed by atoms with Crippen molar-refractivity contribution in [3.8, 4) is 0 Å². The minimum absolute atomic E-state index is 0.129. The second kappa shape index (κ2) is 7.61. The fraction of sp³-hybridized carbons (Fsp3) is 0.765. The lowest BCUT2D eigenvalue weighted by Gasteiger charge is -2.35. The number of rotatable bonds is 4. The highest BCUT2D eigenvalue weighted by atomic mass is 19.1. The summed E-state index contributed by atoms with van der Waals surface area (Å²) in [7, 11) is 3.44. The normalized spacial score (nSPS) is 25.2. The molecule has 1 aromatic rings. The highest BCUT2D eigenvalue weighted by Gasteiger charge is 2.27. The van der Waals surface area contributed by atoms with Gasteiger partial charge in [-0.1, -0.05) is 0 Å². The first-order chi connectivity index (χ1) is 11.6. The second-order valence-corrected chi connectivity index (χ2v) is 6.64. The molecule has 0 radical (unpaired) electrons. The van der Waals surface area contributed by atoms with E-state index in [1.54, 1.807) is 21.1 Å². The molecule has 7 heteroatoms. The molecule has 3 heterocycles. The summed E-state index contributed by atoms with van der Waals surface area (Å²) in [5, 5.41) is 0. The van der Waals surface area contributed by atoms with Crippen molar-refractivity contribution in [3.05, 3.63) is 11.5 Å². The molecule has 24 heavy (non-hydrogen) atoms. The zero-order chi connectivity index (χ0) is 17.1. The van der Waals surface area contributed by atoms with Crippen LogP contribution in [0.5, 0.6) is 0 Å². The first-order valence-corrected chi connectivity index (χ1v) is 8.72. The number of aromatic nitrogens is 2. The van der Waals surface area contributed by atoms with Gasteiger partial charge in [-0.2, -0.15) is 4.98 Å². The Morgan fingerprint density at radius 3 is 2.17 bits per heavy atom. The van der Waals surface area contributed by atoms with Gasteiger partial charge in [-0.3, -0.25) is 0 Å². The van der Waals surface area contributed by atoms with Crippen LogP contribution in [0.25, 0.3) is 0 Å². The summed E-state index contributed by atoms with van der Waals surface area (Å²) in [6, 6.07) is 0. The lowest BCUT2D eigenvalue weighted by atomic mass is 10.1. The van der Waals surface area contributed by atoms with Gasteiger partial charge in [0.2, 0.25) is 5.95 Å². The zero-order valence-corrected chi connectivity index (χ0v) is 14.8. The molecule has 0 aliphatic carbocycles. The van der Waals surface area contributed by atoms with Gasteiger partial charge in [0.1, 0.15) is 0 Å². The largest absolute Gasteiger partial charge is 0.380 e. The predicted octanol–water partition coefficient (Wildman–Crippen LogP) is 2.15. The summed E-state index contributed by atoms with van der Waals surface area (Å²) in [6.45, 7) is 4.81. The van der Waals surface area contributed by atoms with Crippen LogP contribution in [0.1, 0.15) is 31.4 Å². The molecule has 2 fully saturated rings. The molecule has 134 valence electrons. The van der Waals surface area contributed by atoms with E-state index >= 15 is 0 Å². The van der Waals surface area contributed by atoms with E-state index in [-0.39, 0.29) is 18.0 Å². The molecule has 2 saturated heterocycles. The summed E-state index contributed by atoms with van der Waals surface area (Å²) in [5.74, 6) is 0.680. The monoisotopic (exact) mass is 338 g/mol. The van der Waals surface area contributed by atoms with Gasteiger partial charge < -0.3 is 19.3 Å². The second-order valence-electron chi connectivity index (χ2n) is 6.64. The average molecular weight is 338 g/mol. The molecule has 2 aliphatic rings. The third kappa shape index (κ3) is 3.62. The lowest BCUT2D eigenvalue weighted by Crippen LogP contribution is -2.42. The Hall–Kier alpha value is -1.47. The van der Waals surface area contributed by atoms with E-state index in [0.29, 0.717) is 24.0 Å². The van der Waals surface area contributed by atoms with Crippen LogP contribution in [0.15, 0.2) is 0 Å². The van der Waals surface area contributed by atoms with Gasteiger partial charge in [-0.15, -0.1) is 0 Å². The summed E-state index contributed by atoms with van der Waals surface area (Å²) < 4.78 is 25.6. The third-order valence-corrected chi connectivity index (χ3v) is 4.99. The summed E-state index contributed by atoms with van der Waals surface area (Å²) in [6.07, 6.45) is 4.37. The molecule has 0 N–H and O–H groups in total. The number of aryl methyl sites for hydroxylation is 1. The highest BCUT2D eigenvalue weighted by Crippen LogP contribution is 2.27. The van der Waals surface area contributed by atoms with Crippen LogP contribution in [0.3, 0.4) is 0 Å². The quantitative estimate of drug-likeness (QED) is 0.838. The van der Waals surface area contributed by atoms with E-state index in [4.69, 9.17) is 9.47 Å². The average Bonchev–Trinajstić information content (AvgIpc) is 2.64. The first-order valence-electron chi connectivity index (χ1n) is 8.72. The molecule has 6 nitrogen and oxygen atoms in total. The zero-order valence-electron chi connectivity index (χ0n) is 14.8. The van der Waals surface area contributed by atoms with Crippen LogP contribution in [0, 0.1) is 12.7 Å². The number of methoxy groups -OCH3 is 2. The van der Waals surface area contributed by atoms with Crippen molar-refractivity contribution < 1.29 is 13.9 Å². The van der Waals surface area contributed by atoms with Crippen molar-refractivity contribution in [1.82, 2.24) is 9.97 Å². The van der Waals surface area contributed by atoms with Gasteiger partial charge in [-0.25, -0.2) is 9.37 Å². The highest BCUT2D eigenvalue weighted by molar-refractivity contribution is 5.48. The van der Waals surface area contributed by atoms with E-state index in [2.05, 4.69) is 14.9 Å². The predicted molar refractivity (Wildman–Crippen MR) is 91.2 cm³/mol. The van der Waals surface area contributed by atoms with Crippen LogP contribution in [-0.2, 0) is 9.47 Å². The fourth-order valence-electron chi connectivity index (χ4n) is 3.52. The minimum Gasteiger partial charge on any atom is -0.380 e. The van der Waals surface area contributed by atoms with E-state index < -0.39 is 0 Å². The topological polar surface area (TPSA) is 50.7 Å². The van der Waals surface area contributed by atoms with Crippen LogP contribution in [-0.4, -0.2) is 62.6 Å². The first kappa shape index (κ1) is 17.4. The third-order valence-electron chi connectivity index (χ3n) is 4.99. The maximum atomic E-state index is 14.7. The van der Waals surface area contributed by atoms with E-state index in [1.165, 1.54) is 0 Å². The van der Waals surface area contributed by atoms with Gasteiger partial charge in [0.25, 0.3) is 0 Å². The van der Waals surface area contributed by atoms with Crippen LogP contribution in [0.4, 0.5) is 16.2 Å². The Kier molecular flexibility index (Phi) is 5.50. The number of hydrogen-bond acceptors (Lipinski definition) is 6. The van der Waals surface area contributed by atoms with Crippen molar-refractivity contribution in [2.45, 2.75) is 44.8 Å². The Morgan fingerprint density at radius 2 is 1.54 bits per heavy atom. The van der Waals surface area contributed by atoms with Crippen molar-refractivity contribution in [3.63, 3.8) is 0 Å². The van der Waals surface area contributed by atoms with E-state index in [1.807, 2.05) is 4.90 Å². The number of nitrogens with zero attached hydrogens (tertiary/aromatic N) is 4. The van der Waals surface area contributed by atoms with Gasteiger partial charge in [0.15, 0.2) is 11.6 Å². The maximum Gasteiger partial charge on any atom is 0.227 e. The van der Waals surface area contributed by atoms with Crippen LogP contribution < -0.4 is 9.80 Å². The molecule has 0 bridgehead atoms. The molecule has 0 amide bonds. The molecule has 1 aromatic heterocycles. The van der Waals surface area contributed by atoms with E-state index in [0.717, 1.165) is 45.3 Å². The molecule has 3 rings (SSSR count). The molecular formula is C17H27FN4O2. The Morgan fingerprint density at radius 1 is 0.958 bits per heavy atom. The van der Waals surface area contributed by atoms with Crippen molar-refractivity contribution in [2.24, 2.45) is 0 Å². The smallest absolute Gasteiger partial charge is 0.227 e. The van der Waals surface area contributed by atoms with Crippen molar-refractivity contribution in [1.29, 1.82) is 0 Å². The molecule has 2 unspecified atom stereocenters. The van der Waals surface area contributed by atoms with Crippen molar-refractivity contribution >= 4 is 11.8 Å². The van der Waals surface area contributed by atoms with E-state index in [9.17, 15) is 4.39 Å². The molecule has 0 aromatic carbocycles. The Balaban J connectivity index is 1.85. The van der Waals surface area contributed by atoms with Crippen LogP contribution >= 0.6 is 0 Å². The molecule has 0 saturated carbocycles. The summed E-state index contributed by atoms with van der Waals surface area (Å²) in [4.78, 5) is 13.1. The Labute approximate surface area is 143 Å². The minimum atomic E-state index is -0.323.